The van der Waals surface area contributed by atoms with Gasteiger partial charge in [0.05, 0.1) is 0 Å². The molecule has 0 unspecified atom stereocenters. The summed E-state index contributed by atoms with van der Waals surface area (Å²) in [5.41, 5.74) is 4.07. The Balaban J connectivity index is 1.40. The van der Waals surface area contributed by atoms with E-state index in [1.54, 1.807) is 0 Å². The van der Waals surface area contributed by atoms with Crippen LogP contribution in [0.5, 0.6) is 5.75 Å². The lowest BCUT2D eigenvalue weighted by Crippen LogP contribution is -2.55. The molecule has 1 saturated carbocycles. The average molecular weight is 402 g/mol. The van der Waals surface area contributed by atoms with E-state index >= 15 is 0 Å². The zero-order valence-corrected chi connectivity index (χ0v) is 18.8. The maximum Gasteiger partial charge on any atom is 0.122 e. The monoisotopic (exact) mass is 401 g/mol. The number of benzene rings is 1. The topological polar surface area (TPSA) is 28.2 Å². The zero-order chi connectivity index (χ0) is 20.4. The van der Waals surface area contributed by atoms with Gasteiger partial charge in [-0.15, -0.1) is 0 Å². The number of aryl methyl sites for hydroxylation is 1. The summed E-state index contributed by atoms with van der Waals surface area (Å²) in [5.74, 6) is 1.05. The van der Waals surface area contributed by atoms with Crippen LogP contribution >= 0.6 is 0 Å². The highest BCUT2D eigenvalue weighted by Crippen LogP contribution is 2.35. The van der Waals surface area contributed by atoms with Crippen LogP contribution in [0.2, 0.25) is 0 Å². The van der Waals surface area contributed by atoms with Gasteiger partial charge in [0.15, 0.2) is 0 Å². The molecular formula is C24H39N3O2. The van der Waals surface area contributed by atoms with Crippen molar-refractivity contribution >= 4 is 5.69 Å². The third-order valence-electron chi connectivity index (χ3n) is 7.32. The maximum absolute atomic E-state index is 6.46. The highest BCUT2D eigenvalue weighted by molar-refractivity contribution is 5.60. The van der Waals surface area contributed by atoms with Gasteiger partial charge in [0.1, 0.15) is 11.9 Å². The number of hydrogen-bond donors (Lipinski definition) is 0. The number of likely N-dealkylation sites (N-methyl/N-ethyl adjacent to an activating group) is 1. The number of nitrogens with zero attached hydrogens (tertiary/aromatic N) is 3. The first-order valence-electron chi connectivity index (χ1n) is 11.6. The summed E-state index contributed by atoms with van der Waals surface area (Å²) in [7, 11) is 2.22. The highest BCUT2D eigenvalue weighted by atomic mass is 16.5. The predicted octanol–water partition coefficient (Wildman–Crippen LogP) is 3.47. The largest absolute Gasteiger partial charge is 0.490 e. The van der Waals surface area contributed by atoms with Gasteiger partial charge >= 0.3 is 0 Å². The van der Waals surface area contributed by atoms with Crippen LogP contribution in [0, 0.1) is 13.8 Å². The molecule has 2 aliphatic heterocycles. The molecule has 5 nitrogen and oxygen atoms in total. The molecular weight excluding hydrogens is 362 g/mol. The molecule has 1 aliphatic carbocycles. The van der Waals surface area contributed by atoms with Crippen LogP contribution in [0.25, 0.3) is 0 Å². The summed E-state index contributed by atoms with van der Waals surface area (Å²) >= 11 is 0. The Labute approximate surface area is 176 Å². The molecule has 0 N–H and O–H groups in total. The van der Waals surface area contributed by atoms with Crippen molar-refractivity contribution in [1.29, 1.82) is 0 Å². The van der Waals surface area contributed by atoms with E-state index in [0.29, 0.717) is 18.2 Å². The molecule has 0 amide bonds. The van der Waals surface area contributed by atoms with Gasteiger partial charge in [-0.05, 0) is 57.9 Å². The zero-order valence-electron chi connectivity index (χ0n) is 18.8. The van der Waals surface area contributed by atoms with Crippen molar-refractivity contribution < 1.29 is 9.47 Å². The van der Waals surface area contributed by atoms with E-state index in [0.717, 1.165) is 38.3 Å². The molecule has 0 bridgehead atoms. The first-order valence-corrected chi connectivity index (χ1v) is 11.6. The van der Waals surface area contributed by atoms with Gasteiger partial charge < -0.3 is 19.3 Å². The standard InChI is InChI=1S/C24H39N3O2/c1-5-27(20-6-12-28-13-7-20)24-17-22(14-18(2)19(24)3)29-23-15-21(16-23)26-10-8-25(4)9-11-26/h14,17,20-21,23H,5-13,15-16H2,1-4H3. The van der Waals surface area contributed by atoms with Crippen molar-refractivity contribution in [3.8, 4) is 5.75 Å². The maximum atomic E-state index is 6.46. The second kappa shape index (κ2) is 9.23. The van der Waals surface area contributed by atoms with Gasteiger partial charge in [-0.1, -0.05) is 0 Å². The molecule has 162 valence electrons. The van der Waals surface area contributed by atoms with Gasteiger partial charge in [-0.25, -0.2) is 0 Å². The molecule has 2 heterocycles. The Morgan fingerprint density at radius 1 is 1.07 bits per heavy atom. The lowest BCUT2D eigenvalue weighted by atomic mass is 9.87. The molecule has 0 spiro atoms. The van der Waals surface area contributed by atoms with Gasteiger partial charge in [0.25, 0.3) is 0 Å². The Bertz CT molecular complexity index is 675. The molecule has 3 aliphatic rings. The third kappa shape index (κ3) is 4.73. The number of anilines is 1. The minimum atomic E-state index is 0.368. The molecule has 2 saturated heterocycles. The summed E-state index contributed by atoms with van der Waals surface area (Å²) < 4.78 is 12.1. The van der Waals surface area contributed by atoms with E-state index in [-0.39, 0.29) is 0 Å². The van der Waals surface area contributed by atoms with E-state index in [1.807, 2.05) is 0 Å². The Morgan fingerprint density at radius 3 is 2.41 bits per heavy atom. The number of hydrogen-bond acceptors (Lipinski definition) is 5. The lowest BCUT2D eigenvalue weighted by molar-refractivity contribution is -0.00194. The molecule has 0 radical (unpaired) electrons. The normalized spacial score (nSPS) is 26.9. The Hall–Kier alpha value is -1.30. The second-order valence-electron chi connectivity index (χ2n) is 9.22. The van der Waals surface area contributed by atoms with Crippen LogP contribution in [0.15, 0.2) is 12.1 Å². The Morgan fingerprint density at radius 2 is 1.76 bits per heavy atom. The van der Waals surface area contributed by atoms with Crippen molar-refractivity contribution in [2.24, 2.45) is 0 Å². The molecule has 5 heteroatoms. The number of ether oxygens (including phenoxy) is 2. The van der Waals surface area contributed by atoms with E-state index in [1.165, 1.54) is 55.8 Å². The fraction of sp³-hybridized carbons (Fsp3) is 0.750. The summed E-state index contributed by atoms with van der Waals surface area (Å²) in [5, 5.41) is 0. The third-order valence-corrected chi connectivity index (χ3v) is 7.32. The molecule has 0 atom stereocenters. The van der Waals surface area contributed by atoms with Crippen molar-refractivity contribution in [2.75, 3.05) is 57.9 Å². The van der Waals surface area contributed by atoms with E-state index < -0.39 is 0 Å². The highest BCUT2D eigenvalue weighted by Gasteiger charge is 2.36. The molecule has 0 aromatic heterocycles. The lowest BCUT2D eigenvalue weighted by Gasteiger charge is -2.45. The predicted molar refractivity (Wildman–Crippen MR) is 119 cm³/mol. The fourth-order valence-corrected chi connectivity index (χ4v) is 5.11. The van der Waals surface area contributed by atoms with Gasteiger partial charge in [0.2, 0.25) is 0 Å². The smallest absolute Gasteiger partial charge is 0.122 e. The summed E-state index contributed by atoms with van der Waals surface area (Å²) in [6, 6.07) is 5.83. The Kier molecular flexibility index (Phi) is 6.67. The van der Waals surface area contributed by atoms with Crippen LogP contribution in [0.1, 0.15) is 43.7 Å². The van der Waals surface area contributed by atoms with E-state index in [4.69, 9.17) is 9.47 Å². The SMILES string of the molecule is CCN(c1cc(OC2CC(N3CCN(C)CC3)C2)cc(C)c1C)C1CCOCC1. The molecule has 1 aromatic carbocycles. The van der Waals surface area contributed by atoms with Crippen molar-refractivity contribution in [3.63, 3.8) is 0 Å². The van der Waals surface area contributed by atoms with Crippen LogP contribution in [-0.2, 0) is 4.74 Å². The van der Waals surface area contributed by atoms with Crippen LogP contribution in [0.4, 0.5) is 5.69 Å². The number of piperazine rings is 1. The van der Waals surface area contributed by atoms with Crippen molar-refractivity contribution in [1.82, 2.24) is 9.80 Å². The van der Waals surface area contributed by atoms with Gasteiger partial charge in [-0.3, -0.25) is 4.90 Å². The number of rotatable bonds is 6. The summed E-state index contributed by atoms with van der Waals surface area (Å²) in [6.07, 6.45) is 4.94. The molecule has 4 rings (SSSR count). The summed E-state index contributed by atoms with van der Waals surface area (Å²) in [6.45, 7) is 14.3. The molecule has 1 aromatic rings. The quantitative estimate of drug-likeness (QED) is 0.728. The van der Waals surface area contributed by atoms with Crippen LogP contribution in [-0.4, -0.2) is 81.0 Å². The van der Waals surface area contributed by atoms with Crippen molar-refractivity contribution in [3.05, 3.63) is 23.3 Å². The average Bonchev–Trinajstić information content (AvgIpc) is 2.70. The van der Waals surface area contributed by atoms with Crippen LogP contribution < -0.4 is 9.64 Å². The fourth-order valence-electron chi connectivity index (χ4n) is 5.11. The minimum absolute atomic E-state index is 0.368. The summed E-state index contributed by atoms with van der Waals surface area (Å²) in [4.78, 5) is 7.67. The van der Waals surface area contributed by atoms with E-state index in [9.17, 15) is 0 Å². The van der Waals surface area contributed by atoms with Gasteiger partial charge in [-0.2, -0.15) is 0 Å². The first-order chi connectivity index (χ1) is 14.0. The molecule has 29 heavy (non-hydrogen) atoms. The van der Waals surface area contributed by atoms with Crippen LogP contribution in [0.3, 0.4) is 0 Å². The van der Waals surface area contributed by atoms with Gasteiger partial charge in [0, 0.05) is 82.6 Å². The first kappa shape index (κ1) is 21.0. The van der Waals surface area contributed by atoms with Crippen molar-refractivity contribution in [2.45, 2.75) is 64.6 Å². The second-order valence-corrected chi connectivity index (χ2v) is 9.22. The molecule has 3 fully saturated rings. The minimum Gasteiger partial charge on any atom is -0.490 e. The van der Waals surface area contributed by atoms with E-state index in [2.05, 4.69) is 54.7 Å².